The third-order valence-corrected chi connectivity index (χ3v) is 3.97. The van der Waals surface area contributed by atoms with Crippen molar-refractivity contribution in [2.24, 2.45) is 0 Å². The van der Waals surface area contributed by atoms with Crippen LogP contribution in [0.2, 0.25) is 5.02 Å². The first-order valence-corrected chi connectivity index (χ1v) is 6.85. The predicted octanol–water partition coefficient (Wildman–Crippen LogP) is 2.66. The number of anilines is 1. The molecule has 1 amide bonds. The first kappa shape index (κ1) is 19.5. The summed E-state index contributed by atoms with van der Waals surface area (Å²) in [6, 6.07) is 4.32. The molecule has 0 unspecified atom stereocenters. The Bertz CT molecular complexity index is 624. The molecule has 0 aliphatic rings. The number of nitrogens with one attached hydrogen (secondary N) is 1. The number of amides is 1. The predicted molar refractivity (Wildman–Crippen MR) is 77.5 cm³/mol. The molecule has 0 aromatic heterocycles. The molecule has 10 heteroatoms. The van der Waals surface area contributed by atoms with Gasteiger partial charge in [0.2, 0.25) is 5.91 Å². The molecule has 0 saturated carbocycles. The smallest absolute Gasteiger partial charge is 0.430 e. The van der Waals surface area contributed by atoms with Gasteiger partial charge in [0, 0.05) is 10.7 Å². The normalized spacial score (nSPS) is 15.5. The Labute approximate surface area is 139 Å². The molecule has 1 aromatic rings. The van der Waals surface area contributed by atoms with Crippen LogP contribution in [0, 0.1) is 6.92 Å². The molecule has 0 saturated heterocycles. The molecule has 0 bridgehead atoms. The van der Waals surface area contributed by atoms with Crippen LogP contribution in [-0.2, 0) is 14.3 Å². The Morgan fingerprint density at radius 2 is 1.91 bits per heavy atom. The highest BCUT2D eigenvalue weighted by molar-refractivity contribution is 6.35. The lowest BCUT2D eigenvalue weighted by Crippen LogP contribution is -2.62. The lowest BCUT2D eigenvalue weighted by atomic mass is 9.97. The topological polar surface area (TPSA) is 75.6 Å². The number of carbonyl (C=O) groups is 2. The SMILES string of the molecule is COC(=O)[C@](O)([C@@H](Cl)C(=O)Nc1cccc(Cl)c1C)C(F)(F)F. The number of esters is 1. The number of carbonyl (C=O) groups excluding carboxylic acids is 2. The zero-order chi connectivity index (χ0) is 18.0. The van der Waals surface area contributed by atoms with Crippen molar-refractivity contribution >= 4 is 40.8 Å². The molecule has 1 aromatic carbocycles. The molecule has 0 fully saturated rings. The third-order valence-electron chi connectivity index (χ3n) is 3.05. The number of aliphatic hydroxyl groups is 1. The monoisotopic (exact) mass is 373 g/mol. The van der Waals surface area contributed by atoms with Crippen molar-refractivity contribution in [3.63, 3.8) is 0 Å². The maximum absolute atomic E-state index is 13.0. The van der Waals surface area contributed by atoms with Crippen molar-refractivity contribution in [2.75, 3.05) is 12.4 Å². The molecule has 23 heavy (non-hydrogen) atoms. The van der Waals surface area contributed by atoms with E-state index in [0.29, 0.717) is 12.7 Å². The van der Waals surface area contributed by atoms with E-state index in [-0.39, 0.29) is 10.7 Å². The van der Waals surface area contributed by atoms with Gasteiger partial charge in [-0.15, -0.1) is 11.6 Å². The summed E-state index contributed by atoms with van der Waals surface area (Å²) in [6.45, 7) is 1.51. The van der Waals surface area contributed by atoms with Crippen LogP contribution < -0.4 is 5.32 Å². The minimum atomic E-state index is -5.52. The molecule has 0 aliphatic heterocycles. The van der Waals surface area contributed by atoms with Gasteiger partial charge in [0.05, 0.1) is 7.11 Å². The van der Waals surface area contributed by atoms with Gasteiger partial charge in [-0.25, -0.2) is 4.79 Å². The fourth-order valence-corrected chi connectivity index (χ4v) is 2.09. The molecule has 0 radical (unpaired) electrons. The molecule has 0 heterocycles. The number of halogens is 5. The summed E-state index contributed by atoms with van der Waals surface area (Å²) in [5, 5.41) is 9.31. The summed E-state index contributed by atoms with van der Waals surface area (Å²) in [4.78, 5) is 23.3. The van der Waals surface area contributed by atoms with E-state index in [4.69, 9.17) is 23.2 Å². The van der Waals surface area contributed by atoms with E-state index >= 15 is 0 Å². The Morgan fingerprint density at radius 1 is 1.35 bits per heavy atom. The summed E-state index contributed by atoms with van der Waals surface area (Å²) in [5.74, 6) is -3.54. The van der Waals surface area contributed by atoms with Gasteiger partial charge in [0.1, 0.15) is 0 Å². The van der Waals surface area contributed by atoms with Gasteiger partial charge >= 0.3 is 12.1 Å². The van der Waals surface area contributed by atoms with Gasteiger partial charge in [-0.3, -0.25) is 4.79 Å². The number of methoxy groups -OCH3 is 1. The first-order valence-electron chi connectivity index (χ1n) is 6.04. The van der Waals surface area contributed by atoms with E-state index in [9.17, 15) is 27.9 Å². The van der Waals surface area contributed by atoms with Crippen molar-refractivity contribution < 1.29 is 32.6 Å². The average Bonchev–Trinajstić information content (AvgIpc) is 2.48. The van der Waals surface area contributed by atoms with E-state index in [0.717, 1.165) is 0 Å². The van der Waals surface area contributed by atoms with Crippen molar-refractivity contribution in [1.82, 2.24) is 0 Å². The van der Waals surface area contributed by atoms with E-state index in [2.05, 4.69) is 10.1 Å². The van der Waals surface area contributed by atoms with Crippen LogP contribution in [0.1, 0.15) is 5.56 Å². The number of benzene rings is 1. The van der Waals surface area contributed by atoms with Gasteiger partial charge in [-0.05, 0) is 24.6 Å². The second kappa shape index (κ2) is 6.94. The Hall–Kier alpha value is -1.51. The zero-order valence-electron chi connectivity index (χ0n) is 11.9. The van der Waals surface area contributed by atoms with Gasteiger partial charge in [-0.1, -0.05) is 17.7 Å². The average molecular weight is 374 g/mol. The number of alkyl halides is 4. The minimum absolute atomic E-state index is 0.0857. The molecule has 1 rings (SSSR count). The summed E-state index contributed by atoms with van der Waals surface area (Å²) in [7, 11) is 0.627. The summed E-state index contributed by atoms with van der Waals surface area (Å²) in [6.07, 6.45) is -5.52. The van der Waals surface area contributed by atoms with Crippen molar-refractivity contribution in [1.29, 1.82) is 0 Å². The van der Waals surface area contributed by atoms with Crippen LogP contribution in [0.5, 0.6) is 0 Å². The third kappa shape index (κ3) is 3.70. The Balaban J connectivity index is 3.15. The molecular formula is C13H12Cl2F3NO4. The molecular weight excluding hydrogens is 362 g/mol. The summed E-state index contributed by atoms with van der Waals surface area (Å²) in [5.41, 5.74) is -3.73. The van der Waals surface area contributed by atoms with Crippen LogP contribution in [-0.4, -0.2) is 41.2 Å². The number of hydrogen-bond donors (Lipinski definition) is 2. The van der Waals surface area contributed by atoms with Crippen LogP contribution in [0.4, 0.5) is 18.9 Å². The highest BCUT2D eigenvalue weighted by Gasteiger charge is 2.67. The molecule has 128 valence electrons. The summed E-state index contributed by atoms with van der Waals surface area (Å²) < 4.78 is 42.9. The van der Waals surface area contributed by atoms with Crippen molar-refractivity contribution in [3.8, 4) is 0 Å². The van der Waals surface area contributed by atoms with E-state index in [1.54, 1.807) is 0 Å². The first-order chi connectivity index (χ1) is 10.5. The van der Waals surface area contributed by atoms with Crippen LogP contribution in [0.25, 0.3) is 0 Å². The molecule has 2 N–H and O–H groups in total. The van der Waals surface area contributed by atoms with Gasteiger partial charge in [-0.2, -0.15) is 13.2 Å². The van der Waals surface area contributed by atoms with Crippen molar-refractivity contribution in [2.45, 2.75) is 24.1 Å². The zero-order valence-corrected chi connectivity index (χ0v) is 13.4. The lowest BCUT2D eigenvalue weighted by molar-refractivity contribution is -0.260. The largest absolute Gasteiger partial charge is 0.467 e. The highest BCUT2D eigenvalue weighted by Crippen LogP contribution is 2.37. The highest BCUT2D eigenvalue weighted by atomic mass is 35.5. The maximum atomic E-state index is 13.0. The minimum Gasteiger partial charge on any atom is -0.467 e. The van der Waals surface area contributed by atoms with E-state index in [1.807, 2.05) is 0 Å². The second-order valence-corrected chi connectivity index (χ2v) is 5.36. The van der Waals surface area contributed by atoms with Gasteiger partial charge in [0.15, 0.2) is 5.38 Å². The van der Waals surface area contributed by atoms with Gasteiger partial charge < -0.3 is 15.2 Å². The fourth-order valence-electron chi connectivity index (χ4n) is 1.65. The van der Waals surface area contributed by atoms with E-state index < -0.39 is 29.0 Å². The molecule has 5 nitrogen and oxygen atoms in total. The fraction of sp³-hybridized carbons (Fsp3) is 0.385. The van der Waals surface area contributed by atoms with Crippen LogP contribution in [0.3, 0.4) is 0 Å². The Morgan fingerprint density at radius 3 is 2.39 bits per heavy atom. The maximum Gasteiger partial charge on any atom is 0.430 e. The summed E-state index contributed by atoms with van der Waals surface area (Å²) >= 11 is 11.2. The lowest BCUT2D eigenvalue weighted by Gasteiger charge is -2.30. The molecule has 0 spiro atoms. The number of hydrogen-bond acceptors (Lipinski definition) is 4. The quantitative estimate of drug-likeness (QED) is 0.628. The van der Waals surface area contributed by atoms with Crippen molar-refractivity contribution in [3.05, 3.63) is 28.8 Å². The Kier molecular flexibility index (Phi) is 5.89. The number of ether oxygens (including phenoxy) is 1. The standard InChI is InChI=1S/C13H12Cl2F3NO4/c1-6-7(14)4-3-5-8(6)19-10(20)9(15)12(22,11(21)23-2)13(16,17)18/h3-5,9,22H,1-2H3,(H,19,20)/t9-,12+/m0/s1. The second-order valence-electron chi connectivity index (χ2n) is 4.52. The van der Waals surface area contributed by atoms with Crippen LogP contribution in [0.15, 0.2) is 18.2 Å². The molecule has 2 atom stereocenters. The van der Waals surface area contributed by atoms with Crippen LogP contribution >= 0.6 is 23.2 Å². The number of rotatable bonds is 4. The van der Waals surface area contributed by atoms with E-state index in [1.165, 1.54) is 25.1 Å². The van der Waals surface area contributed by atoms with Gasteiger partial charge in [0.25, 0.3) is 5.60 Å². The molecule has 0 aliphatic carbocycles.